The molecule has 1 N–H and O–H groups in total. The van der Waals surface area contributed by atoms with Gasteiger partial charge in [-0.2, -0.15) is 0 Å². The van der Waals surface area contributed by atoms with E-state index >= 15 is 0 Å². The van der Waals surface area contributed by atoms with Gasteiger partial charge in [-0.15, -0.1) is 0 Å². The van der Waals surface area contributed by atoms with Crippen LogP contribution in [0.15, 0.2) is 24.3 Å². The van der Waals surface area contributed by atoms with E-state index in [2.05, 4.69) is 55.3 Å². The van der Waals surface area contributed by atoms with Crippen LogP contribution in [-0.2, 0) is 4.74 Å². The molecule has 0 aliphatic carbocycles. The highest BCUT2D eigenvalue weighted by Crippen LogP contribution is 2.30. The van der Waals surface area contributed by atoms with Crippen LogP contribution in [0.2, 0.25) is 0 Å². The predicted octanol–water partition coefficient (Wildman–Crippen LogP) is 3.75. The van der Waals surface area contributed by atoms with Crippen LogP contribution >= 0.6 is 0 Å². The fourth-order valence-electron chi connectivity index (χ4n) is 3.32. The third-order valence-corrected chi connectivity index (χ3v) is 4.29. The van der Waals surface area contributed by atoms with E-state index in [0.29, 0.717) is 12.1 Å². The van der Waals surface area contributed by atoms with Crippen LogP contribution in [0.4, 0.5) is 5.69 Å². The van der Waals surface area contributed by atoms with Gasteiger partial charge in [0.05, 0.1) is 6.10 Å². The average molecular weight is 290 g/mol. The summed E-state index contributed by atoms with van der Waals surface area (Å²) < 4.78 is 5.85. The average Bonchev–Trinajstić information content (AvgIpc) is 2.53. The Morgan fingerprint density at radius 3 is 2.81 bits per heavy atom. The van der Waals surface area contributed by atoms with Crippen LogP contribution in [0.3, 0.4) is 0 Å². The lowest BCUT2D eigenvalue weighted by atomic mass is 9.99. The Bertz CT molecular complexity index is 419. The number of anilines is 1. The second kappa shape index (κ2) is 8.40. The number of nitrogens with zero attached hydrogens (tertiary/aromatic N) is 1. The van der Waals surface area contributed by atoms with Crippen molar-refractivity contribution in [3.05, 3.63) is 29.8 Å². The molecule has 0 aromatic heterocycles. The van der Waals surface area contributed by atoms with Crippen LogP contribution in [-0.4, -0.2) is 32.3 Å². The largest absolute Gasteiger partial charge is 0.377 e. The standard InChI is InChI=1S/C18H30N2O/c1-4-17(19-5-2)16-11-7-8-12-18(16)20-13-9-10-15(14-20)21-6-3/h7-8,11-12,15,17,19H,4-6,9-10,13-14H2,1-3H3. The van der Waals surface area contributed by atoms with Crippen molar-refractivity contribution in [2.75, 3.05) is 31.1 Å². The Hall–Kier alpha value is -1.06. The summed E-state index contributed by atoms with van der Waals surface area (Å²) in [5.74, 6) is 0. The molecule has 3 heteroatoms. The first-order valence-electron chi connectivity index (χ1n) is 8.48. The molecule has 1 saturated heterocycles. The Kier molecular flexibility index (Phi) is 6.52. The number of hydrogen-bond acceptors (Lipinski definition) is 3. The first-order valence-corrected chi connectivity index (χ1v) is 8.48. The van der Waals surface area contributed by atoms with Crippen molar-refractivity contribution in [1.29, 1.82) is 0 Å². The minimum absolute atomic E-state index is 0.385. The predicted molar refractivity (Wildman–Crippen MR) is 90.0 cm³/mol. The lowest BCUT2D eigenvalue weighted by molar-refractivity contribution is 0.0526. The molecular formula is C18H30N2O. The van der Waals surface area contributed by atoms with E-state index < -0.39 is 0 Å². The molecule has 0 amide bonds. The molecule has 1 aromatic carbocycles. The topological polar surface area (TPSA) is 24.5 Å². The molecule has 1 fully saturated rings. The summed E-state index contributed by atoms with van der Waals surface area (Å²) in [4.78, 5) is 2.51. The van der Waals surface area contributed by atoms with Crippen LogP contribution < -0.4 is 10.2 Å². The first kappa shape index (κ1) is 16.3. The number of nitrogens with one attached hydrogen (secondary N) is 1. The Morgan fingerprint density at radius 2 is 2.10 bits per heavy atom. The zero-order chi connectivity index (χ0) is 15.1. The summed E-state index contributed by atoms with van der Waals surface area (Å²) in [6.45, 7) is 10.5. The number of rotatable bonds is 7. The Labute approximate surface area is 129 Å². The highest BCUT2D eigenvalue weighted by molar-refractivity contribution is 5.55. The van der Waals surface area contributed by atoms with Gasteiger partial charge in [0, 0.05) is 31.4 Å². The molecular weight excluding hydrogens is 260 g/mol. The van der Waals surface area contributed by atoms with Crippen molar-refractivity contribution < 1.29 is 4.74 Å². The van der Waals surface area contributed by atoms with E-state index in [9.17, 15) is 0 Å². The molecule has 2 atom stereocenters. The zero-order valence-electron chi connectivity index (χ0n) is 13.8. The van der Waals surface area contributed by atoms with E-state index in [-0.39, 0.29) is 0 Å². The van der Waals surface area contributed by atoms with Gasteiger partial charge >= 0.3 is 0 Å². The van der Waals surface area contributed by atoms with Gasteiger partial charge in [0.1, 0.15) is 0 Å². The van der Waals surface area contributed by atoms with Gasteiger partial charge in [0.15, 0.2) is 0 Å². The third-order valence-electron chi connectivity index (χ3n) is 4.29. The second-order valence-corrected chi connectivity index (χ2v) is 5.74. The number of piperidine rings is 1. The van der Waals surface area contributed by atoms with Gasteiger partial charge in [0.2, 0.25) is 0 Å². The lowest BCUT2D eigenvalue weighted by Crippen LogP contribution is -2.40. The summed E-state index contributed by atoms with van der Waals surface area (Å²) in [6, 6.07) is 9.30. The van der Waals surface area contributed by atoms with Crippen LogP contribution in [0.5, 0.6) is 0 Å². The van der Waals surface area contributed by atoms with Gasteiger partial charge in [-0.05, 0) is 44.4 Å². The van der Waals surface area contributed by atoms with Gasteiger partial charge in [-0.25, -0.2) is 0 Å². The van der Waals surface area contributed by atoms with E-state index in [0.717, 1.165) is 32.7 Å². The summed E-state index contributed by atoms with van der Waals surface area (Å²) in [5, 5.41) is 3.61. The molecule has 0 radical (unpaired) electrons. The van der Waals surface area contributed by atoms with Crippen molar-refractivity contribution >= 4 is 5.69 Å². The summed E-state index contributed by atoms with van der Waals surface area (Å²) in [5.41, 5.74) is 2.81. The quantitative estimate of drug-likeness (QED) is 0.827. The van der Waals surface area contributed by atoms with Crippen molar-refractivity contribution in [3.8, 4) is 0 Å². The maximum Gasteiger partial charge on any atom is 0.0750 e. The maximum absolute atomic E-state index is 5.85. The third kappa shape index (κ3) is 4.21. The Morgan fingerprint density at radius 1 is 1.29 bits per heavy atom. The van der Waals surface area contributed by atoms with Crippen molar-refractivity contribution in [2.45, 2.75) is 52.2 Å². The molecule has 1 aromatic rings. The number of hydrogen-bond donors (Lipinski definition) is 1. The molecule has 0 bridgehead atoms. The highest BCUT2D eigenvalue weighted by Gasteiger charge is 2.23. The summed E-state index contributed by atoms with van der Waals surface area (Å²) >= 11 is 0. The molecule has 118 valence electrons. The normalized spacial score (nSPS) is 20.5. The number of para-hydroxylation sites is 1. The first-order chi connectivity index (χ1) is 10.3. The van der Waals surface area contributed by atoms with E-state index in [1.54, 1.807) is 0 Å². The van der Waals surface area contributed by atoms with Crippen LogP contribution in [0, 0.1) is 0 Å². The number of benzene rings is 1. The minimum atomic E-state index is 0.385. The molecule has 1 aliphatic heterocycles. The van der Waals surface area contributed by atoms with Gasteiger partial charge in [0.25, 0.3) is 0 Å². The van der Waals surface area contributed by atoms with Crippen LogP contribution in [0.25, 0.3) is 0 Å². The van der Waals surface area contributed by atoms with Gasteiger partial charge < -0.3 is 15.0 Å². The van der Waals surface area contributed by atoms with Gasteiger partial charge in [-0.1, -0.05) is 32.0 Å². The lowest BCUT2D eigenvalue weighted by Gasteiger charge is -2.36. The summed E-state index contributed by atoms with van der Waals surface area (Å²) in [7, 11) is 0. The number of ether oxygens (including phenoxy) is 1. The molecule has 21 heavy (non-hydrogen) atoms. The smallest absolute Gasteiger partial charge is 0.0750 e. The van der Waals surface area contributed by atoms with E-state index in [1.807, 2.05) is 0 Å². The van der Waals surface area contributed by atoms with Crippen molar-refractivity contribution in [2.24, 2.45) is 0 Å². The van der Waals surface area contributed by atoms with Crippen LogP contribution in [0.1, 0.15) is 51.6 Å². The minimum Gasteiger partial charge on any atom is -0.377 e. The molecule has 0 saturated carbocycles. The second-order valence-electron chi connectivity index (χ2n) is 5.74. The molecule has 1 aliphatic rings. The fraction of sp³-hybridized carbons (Fsp3) is 0.667. The summed E-state index contributed by atoms with van der Waals surface area (Å²) in [6.07, 6.45) is 3.91. The van der Waals surface area contributed by atoms with E-state index in [1.165, 1.54) is 24.1 Å². The molecule has 1 heterocycles. The van der Waals surface area contributed by atoms with Crippen molar-refractivity contribution in [1.82, 2.24) is 5.32 Å². The molecule has 0 spiro atoms. The fourth-order valence-corrected chi connectivity index (χ4v) is 3.32. The monoisotopic (exact) mass is 290 g/mol. The van der Waals surface area contributed by atoms with E-state index in [4.69, 9.17) is 4.74 Å². The Balaban J connectivity index is 2.18. The highest BCUT2D eigenvalue weighted by atomic mass is 16.5. The van der Waals surface area contributed by atoms with Crippen molar-refractivity contribution in [3.63, 3.8) is 0 Å². The molecule has 2 rings (SSSR count). The zero-order valence-corrected chi connectivity index (χ0v) is 13.8. The van der Waals surface area contributed by atoms with Gasteiger partial charge in [-0.3, -0.25) is 0 Å². The SMILES string of the molecule is CCNC(CC)c1ccccc1N1CCCC(OCC)C1. The molecule has 2 unspecified atom stereocenters. The molecule has 3 nitrogen and oxygen atoms in total. The maximum atomic E-state index is 5.85.